The molecule has 0 atom stereocenters. The first kappa shape index (κ1) is 20.2. The van der Waals surface area contributed by atoms with Crippen molar-refractivity contribution >= 4 is 34.1 Å². The Hall–Kier alpha value is -3.12. The Bertz CT molecular complexity index is 1070. The number of para-hydroxylation sites is 1. The van der Waals surface area contributed by atoms with Gasteiger partial charge < -0.3 is 14.8 Å². The molecule has 0 spiro atoms. The maximum atomic E-state index is 13.2. The molecule has 154 valence electrons. The van der Waals surface area contributed by atoms with Gasteiger partial charge in [-0.05, 0) is 55.5 Å². The lowest BCUT2D eigenvalue weighted by Crippen LogP contribution is -2.14. The second kappa shape index (κ2) is 9.13. The largest absolute Gasteiger partial charge is 0.497 e. The number of amides is 1. The molecule has 5 nitrogen and oxygen atoms in total. The molecule has 3 aromatic rings. The van der Waals surface area contributed by atoms with Crippen LogP contribution in [-0.4, -0.2) is 26.3 Å². The lowest BCUT2D eigenvalue weighted by molar-refractivity contribution is 0.102. The van der Waals surface area contributed by atoms with E-state index in [1.54, 1.807) is 31.8 Å². The number of carbonyl (C=O) groups excluding carboxylic acids is 1. The topological polar surface area (TPSA) is 59.9 Å². The van der Waals surface area contributed by atoms with E-state index >= 15 is 0 Å². The zero-order chi connectivity index (χ0) is 20.9. The first-order valence-electron chi connectivity index (χ1n) is 9.96. The summed E-state index contributed by atoms with van der Waals surface area (Å²) >= 11 is 1.62. The molecule has 1 aliphatic carbocycles. The Balaban J connectivity index is 1.69. The molecule has 2 aromatic carbocycles. The van der Waals surface area contributed by atoms with Crippen LogP contribution in [0, 0.1) is 0 Å². The summed E-state index contributed by atoms with van der Waals surface area (Å²) in [5, 5.41) is 3.77. The Kier molecular flexibility index (Phi) is 6.14. The molecule has 0 saturated carbocycles. The van der Waals surface area contributed by atoms with E-state index in [2.05, 4.69) is 5.32 Å². The van der Waals surface area contributed by atoms with Crippen LogP contribution in [0.25, 0.3) is 0 Å². The van der Waals surface area contributed by atoms with E-state index < -0.39 is 0 Å². The van der Waals surface area contributed by atoms with Gasteiger partial charge in [0.05, 0.1) is 19.8 Å². The molecule has 1 N–H and O–H groups in total. The van der Waals surface area contributed by atoms with Crippen molar-refractivity contribution in [3.63, 3.8) is 0 Å². The SMILES string of the molecule is COc1ccc(C=Nc2sc3c(c2C(=O)Nc2ccccc2)CCCC3)c(OC)c1. The fourth-order valence-electron chi connectivity index (χ4n) is 3.64. The summed E-state index contributed by atoms with van der Waals surface area (Å²) in [7, 11) is 3.24. The normalized spacial score (nSPS) is 13.1. The predicted molar refractivity (Wildman–Crippen MR) is 122 cm³/mol. The van der Waals surface area contributed by atoms with Gasteiger partial charge in [0, 0.05) is 28.4 Å². The summed E-state index contributed by atoms with van der Waals surface area (Å²) in [5.74, 6) is 1.29. The van der Waals surface area contributed by atoms with E-state index in [1.165, 1.54) is 4.88 Å². The van der Waals surface area contributed by atoms with Gasteiger partial charge in [-0.15, -0.1) is 11.3 Å². The quantitative estimate of drug-likeness (QED) is 0.525. The van der Waals surface area contributed by atoms with Crippen LogP contribution in [0.15, 0.2) is 53.5 Å². The fraction of sp³-hybridized carbons (Fsp3) is 0.250. The smallest absolute Gasteiger partial charge is 0.259 e. The van der Waals surface area contributed by atoms with Gasteiger partial charge in [0.2, 0.25) is 0 Å². The number of carbonyl (C=O) groups is 1. The molecule has 1 aliphatic rings. The molecule has 1 heterocycles. The summed E-state index contributed by atoms with van der Waals surface area (Å²) in [5.41, 5.74) is 3.46. The van der Waals surface area contributed by atoms with Gasteiger partial charge in [0.1, 0.15) is 16.5 Å². The van der Waals surface area contributed by atoms with Crippen LogP contribution >= 0.6 is 11.3 Å². The number of methoxy groups -OCH3 is 2. The number of ether oxygens (including phenoxy) is 2. The van der Waals surface area contributed by atoms with Crippen molar-refractivity contribution in [3.05, 3.63) is 70.1 Å². The number of aryl methyl sites for hydroxylation is 1. The fourth-order valence-corrected chi connectivity index (χ4v) is 4.88. The van der Waals surface area contributed by atoms with Crippen molar-refractivity contribution in [2.45, 2.75) is 25.7 Å². The molecule has 1 aromatic heterocycles. The Morgan fingerprint density at radius 2 is 1.87 bits per heavy atom. The highest BCUT2D eigenvalue weighted by molar-refractivity contribution is 7.16. The Morgan fingerprint density at radius 3 is 2.63 bits per heavy atom. The maximum Gasteiger partial charge on any atom is 0.259 e. The van der Waals surface area contributed by atoms with E-state index in [-0.39, 0.29) is 5.91 Å². The van der Waals surface area contributed by atoms with Gasteiger partial charge in [-0.1, -0.05) is 18.2 Å². The third-order valence-corrected chi connectivity index (χ3v) is 6.37. The van der Waals surface area contributed by atoms with Crippen LogP contribution in [0.3, 0.4) is 0 Å². The van der Waals surface area contributed by atoms with E-state index in [1.807, 2.05) is 48.5 Å². The van der Waals surface area contributed by atoms with Crippen molar-refractivity contribution < 1.29 is 14.3 Å². The molecule has 0 saturated heterocycles. The molecule has 1 amide bonds. The summed E-state index contributed by atoms with van der Waals surface area (Å²) < 4.78 is 10.7. The highest BCUT2D eigenvalue weighted by Crippen LogP contribution is 2.40. The molecular weight excluding hydrogens is 396 g/mol. The van der Waals surface area contributed by atoms with E-state index in [4.69, 9.17) is 14.5 Å². The van der Waals surface area contributed by atoms with Crippen molar-refractivity contribution in [1.29, 1.82) is 0 Å². The second-order valence-corrected chi connectivity index (χ2v) is 8.16. The highest BCUT2D eigenvalue weighted by atomic mass is 32.1. The number of nitrogens with zero attached hydrogens (tertiary/aromatic N) is 1. The summed E-state index contributed by atoms with van der Waals surface area (Å²) in [6.45, 7) is 0. The van der Waals surface area contributed by atoms with Gasteiger partial charge in [-0.3, -0.25) is 4.79 Å². The number of hydrogen-bond acceptors (Lipinski definition) is 5. The summed E-state index contributed by atoms with van der Waals surface area (Å²) in [6, 6.07) is 15.1. The zero-order valence-electron chi connectivity index (χ0n) is 17.1. The minimum Gasteiger partial charge on any atom is -0.497 e. The van der Waals surface area contributed by atoms with Crippen molar-refractivity contribution in [1.82, 2.24) is 0 Å². The molecule has 0 aliphatic heterocycles. The van der Waals surface area contributed by atoms with Crippen LogP contribution < -0.4 is 14.8 Å². The first-order chi connectivity index (χ1) is 14.7. The number of nitrogens with one attached hydrogen (secondary N) is 1. The van der Waals surface area contributed by atoms with Gasteiger partial charge in [0.25, 0.3) is 5.91 Å². The number of aliphatic imine (C=N–C) groups is 1. The van der Waals surface area contributed by atoms with Crippen molar-refractivity contribution in [2.75, 3.05) is 19.5 Å². The maximum absolute atomic E-state index is 13.2. The first-order valence-corrected chi connectivity index (χ1v) is 10.8. The summed E-state index contributed by atoms with van der Waals surface area (Å²) in [6.07, 6.45) is 5.94. The monoisotopic (exact) mass is 420 g/mol. The van der Waals surface area contributed by atoms with Crippen LogP contribution in [-0.2, 0) is 12.8 Å². The predicted octanol–water partition coefficient (Wildman–Crippen LogP) is 5.65. The average molecular weight is 421 g/mol. The second-order valence-electron chi connectivity index (χ2n) is 7.08. The third kappa shape index (κ3) is 4.24. The average Bonchev–Trinajstić information content (AvgIpc) is 3.16. The molecule has 4 rings (SSSR count). The standard InChI is InChI=1S/C24H24N2O3S/c1-28-18-13-12-16(20(14-18)29-2)15-25-24-22(19-10-6-7-11-21(19)30-24)23(27)26-17-8-4-3-5-9-17/h3-5,8-9,12-15H,6-7,10-11H2,1-2H3,(H,26,27). The lowest BCUT2D eigenvalue weighted by atomic mass is 9.95. The van der Waals surface area contributed by atoms with Crippen LogP contribution in [0.2, 0.25) is 0 Å². The van der Waals surface area contributed by atoms with Gasteiger partial charge >= 0.3 is 0 Å². The van der Waals surface area contributed by atoms with Gasteiger partial charge in [-0.25, -0.2) is 4.99 Å². The third-order valence-electron chi connectivity index (χ3n) is 5.17. The molecule has 0 fully saturated rings. The molecule has 0 bridgehead atoms. The highest BCUT2D eigenvalue weighted by Gasteiger charge is 2.25. The Morgan fingerprint density at radius 1 is 1.07 bits per heavy atom. The number of anilines is 1. The number of rotatable bonds is 6. The van der Waals surface area contributed by atoms with Crippen molar-refractivity contribution in [3.8, 4) is 11.5 Å². The molecule has 6 heteroatoms. The number of thiophene rings is 1. The number of fused-ring (bicyclic) bond motifs is 1. The molecule has 30 heavy (non-hydrogen) atoms. The van der Waals surface area contributed by atoms with Crippen molar-refractivity contribution in [2.24, 2.45) is 4.99 Å². The zero-order valence-corrected chi connectivity index (χ0v) is 17.9. The summed E-state index contributed by atoms with van der Waals surface area (Å²) in [4.78, 5) is 19.2. The minimum absolute atomic E-state index is 0.102. The van der Waals surface area contributed by atoms with E-state index in [0.717, 1.165) is 53.2 Å². The van der Waals surface area contributed by atoms with E-state index in [9.17, 15) is 4.79 Å². The van der Waals surface area contributed by atoms with Gasteiger partial charge in [-0.2, -0.15) is 0 Å². The van der Waals surface area contributed by atoms with E-state index in [0.29, 0.717) is 11.3 Å². The molecule has 0 unspecified atom stereocenters. The van der Waals surface area contributed by atoms with Gasteiger partial charge in [0.15, 0.2) is 0 Å². The molecular formula is C24H24N2O3S. The van der Waals surface area contributed by atoms with Crippen LogP contribution in [0.4, 0.5) is 10.7 Å². The van der Waals surface area contributed by atoms with Crippen LogP contribution in [0.5, 0.6) is 11.5 Å². The molecule has 0 radical (unpaired) electrons. The lowest BCUT2D eigenvalue weighted by Gasteiger charge is -2.12. The van der Waals surface area contributed by atoms with Crippen LogP contribution in [0.1, 0.15) is 39.2 Å². The Labute approximate surface area is 180 Å². The number of hydrogen-bond donors (Lipinski definition) is 1. The number of benzene rings is 2. The minimum atomic E-state index is -0.102.